The summed E-state index contributed by atoms with van der Waals surface area (Å²) < 4.78 is 13.3. The molecule has 1 heterocycles. The fourth-order valence-corrected chi connectivity index (χ4v) is 3.11. The van der Waals surface area contributed by atoms with E-state index in [2.05, 4.69) is 10.6 Å². The zero-order chi connectivity index (χ0) is 13.7. The Labute approximate surface area is 115 Å². The van der Waals surface area contributed by atoms with Crippen LogP contribution in [0.4, 0.5) is 9.18 Å². The van der Waals surface area contributed by atoms with Gasteiger partial charge in [-0.1, -0.05) is 0 Å². The second kappa shape index (κ2) is 6.77. The third kappa shape index (κ3) is 3.84. The lowest BCUT2D eigenvalue weighted by molar-refractivity contribution is 0.234. The monoisotopic (exact) mass is 284 g/mol. The summed E-state index contributed by atoms with van der Waals surface area (Å²) in [5, 5.41) is 14.2. The van der Waals surface area contributed by atoms with Crippen molar-refractivity contribution < 1.29 is 14.3 Å². The summed E-state index contributed by atoms with van der Waals surface area (Å²) in [5.41, 5.74) is 0.841. The number of fused-ring (bicyclic) bond motifs is 1. The molecular formula is C13H17FN2O2S. The number of rotatable bonds is 4. The molecule has 0 spiro atoms. The molecule has 0 unspecified atom stereocenters. The third-order valence-corrected chi connectivity index (χ3v) is 4.06. The maximum atomic E-state index is 13.3. The predicted molar refractivity (Wildman–Crippen MR) is 72.7 cm³/mol. The molecule has 0 saturated heterocycles. The number of hydrogen-bond donors (Lipinski definition) is 3. The topological polar surface area (TPSA) is 61.4 Å². The quantitative estimate of drug-likeness (QED) is 0.742. The number of aliphatic hydroxyl groups excluding tert-OH is 1. The van der Waals surface area contributed by atoms with Crippen LogP contribution in [0.15, 0.2) is 23.1 Å². The second-order valence-corrected chi connectivity index (χ2v) is 5.49. The number of halogens is 1. The second-order valence-electron chi connectivity index (χ2n) is 4.35. The van der Waals surface area contributed by atoms with E-state index in [4.69, 9.17) is 5.11 Å². The molecule has 0 fully saturated rings. The first-order valence-electron chi connectivity index (χ1n) is 6.28. The number of urea groups is 1. The van der Waals surface area contributed by atoms with E-state index in [1.807, 2.05) is 0 Å². The van der Waals surface area contributed by atoms with E-state index in [-0.39, 0.29) is 24.5 Å². The van der Waals surface area contributed by atoms with Gasteiger partial charge in [-0.3, -0.25) is 0 Å². The van der Waals surface area contributed by atoms with Crippen molar-refractivity contribution in [3.05, 3.63) is 29.6 Å². The van der Waals surface area contributed by atoms with Gasteiger partial charge in [0.25, 0.3) is 0 Å². The lowest BCUT2D eigenvalue weighted by atomic mass is 10.0. The molecule has 3 N–H and O–H groups in total. The lowest BCUT2D eigenvalue weighted by Gasteiger charge is -2.26. The number of aliphatic hydroxyl groups is 1. The average molecular weight is 284 g/mol. The van der Waals surface area contributed by atoms with Gasteiger partial charge in [-0.25, -0.2) is 9.18 Å². The van der Waals surface area contributed by atoms with Gasteiger partial charge in [0.2, 0.25) is 0 Å². The van der Waals surface area contributed by atoms with Gasteiger partial charge < -0.3 is 15.7 Å². The fraction of sp³-hybridized carbons (Fsp3) is 0.462. The maximum absolute atomic E-state index is 13.3. The molecule has 4 nitrogen and oxygen atoms in total. The van der Waals surface area contributed by atoms with Crippen molar-refractivity contribution in [1.82, 2.24) is 10.6 Å². The fourth-order valence-electron chi connectivity index (χ4n) is 2.01. The first-order chi connectivity index (χ1) is 9.20. The van der Waals surface area contributed by atoms with E-state index >= 15 is 0 Å². The van der Waals surface area contributed by atoms with Gasteiger partial charge in [0, 0.05) is 23.8 Å². The van der Waals surface area contributed by atoms with Gasteiger partial charge in [0.15, 0.2) is 0 Å². The van der Waals surface area contributed by atoms with Crippen LogP contribution >= 0.6 is 11.8 Å². The highest BCUT2D eigenvalue weighted by Crippen LogP contribution is 2.36. The number of hydrogen-bond acceptors (Lipinski definition) is 3. The Bertz CT molecular complexity index is 456. The summed E-state index contributed by atoms with van der Waals surface area (Å²) in [7, 11) is 0. The highest BCUT2D eigenvalue weighted by Gasteiger charge is 2.22. The van der Waals surface area contributed by atoms with Crippen LogP contribution in [-0.2, 0) is 0 Å². The van der Waals surface area contributed by atoms with E-state index < -0.39 is 0 Å². The van der Waals surface area contributed by atoms with Crippen LogP contribution in [0.25, 0.3) is 0 Å². The van der Waals surface area contributed by atoms with Gasteiger partial charge >= 0.3 is 6.03 Å². The highest BCUT2D eigenvalue weighted by atomic mass is 32.2. The van der Waals surface area contributed by atoms with Gasteiger partial charge in [-0.2, -0.15) is 0 Å². The molecule has 0 aromatic heterocycles. The molecule has 0 bridgehead atoms. The predicted octanol–water partition coefficient (Wildman–Crippen LogP) is 2.04. The molecule has 0 radical (unpaired) electrons. The first kappa shape index (κ1) is 14.1. The Kier molecular flexibility index (Phi) is 5.04. The minimum atomic E-state index is -0.284. The van der Waals surface area contributed by atoms with E-state index in [1.54, 1.807) is 17.8 Å². The van der Waals surface area contributed by atoms with Crippen molar-refractivity contribution in [3.63, 3.8) is 0 Å². The number of carbonyl (C=O) groups excluding carboxylic acids is 1. The third-order valence-electron chi connectivity index (χ3n) is 2.94. The van der Waals surface area contributed by atoms with Crippen molar-refractivity contribution in [1.29, 1.82) is 0 Å². The Balaban J connectivity index is 1.99. The molecule has 19 heavy (non-hydrogen) atoms. The summed E-state index contributed by atoms with van der Waals surface area (Å²) >= 11 is 1.68. The van der Waals surface area contributed by atoms with Crippen molar-refractivity contribution in [2.24, 2.45) is 0 Å². The van der Waals surface area contributed by atoms with Crippen molar-refractivity contribution in [3.8, 4) is 0 Å². The molecule has 1 aliphatic rings. The summed E-state index contributed by atoms with van der Waals surface area (Å²) in [6.45, 7) is 0.480. The Morgan fingerprint density at radius 1 is 1.53 bits per heavy atom. The summed E-state index contributed by atoms with van der Waals surface area (Å²) in [6.07, 6.45) is 1.31. The van der Waals surface area contributed by atoms with Crippen LogP contribution < -0.4 is 10.6 Å². The van der Waals surface area contributed by atoms with Crippen LogP contribution in [-0.4, -0.2) is 30.0 Å². The van der Waals surface area contributed by atoms with Gasteiger partial charge in [-0.15, -0.1) is 11.8 Å². The van der Waals surface area contributed by atoms with E-state index in [0.29, 0.717) is 13.0 Å². The maximum Gasteiger partial charge on any atom is 0.315 e. The SMILES string of the molecule is O=C(NCCCO)N[C@@H]1CCSc2ccc(F)cc21. The molecule has 6 heteroatoms. The molecule has 0 aliphatic carbocycles. The van der Waals surface area contributed by atoms with Crippen LogP contribution in [0, 0.1) is 5.82 Å². The highest BCUT2D eigenvalue weighted by molar-refractivity contribution is 7.99. The molecule has 1 aromatic carbocycles. The summed E-state index contributed by atoms with van der Waals surface area (Å²) in [4.78, 5) is 12.7. The van der Waals surface area contributed by atoms with Crippen molar-refractivity contribution >= 4 is 17.8 Å². The number of amides is 2. The molecule has 104 valence electrons. The number of thioether (sulfide) groups is 1. The molecular weight excluding hydrogens is 267 g/mol. The van der Waals surface area contributed by atoms with Crippen LogP contribution in [0.1, 0.15) is 24.4 Å². The molecule has 1 atom stereocenters. The minimum absolute atomic E-state index is 0.0500. The van der Waals surface area contributed by atoms with Gasteiger partial charge in [-0.05, 0) is 36.6 Å². The van der Waals surface area contributed by atoms with Crippen molar-refractivity contribution in [2.75, 3.05) is 18.9 Å². The molecule has 1 aromatic rings. The first-order valence-corrected chi connectivity index (χ1v) is 7.26. The smallest absolute Gasteiger partial charge is 0.315 e. The Morgan fingerprint density at radius 3 is 3.16 bits per heavy atom. The molecule has 2 rings (SSSR count). The van der Waals surface area contributed by atoms with Gasteiger partial charge in [0.1, 0.15) is 5.82 Å². The Morgan fingerprint density at radius 2 is 2.37 bits per heavy atom. The van der Waals surface area contributed by atoms with Crippen molar-refractivity contribution in [2.45, 2.75) is 23.8 Å². The normalized spacial score (nSPS) is 17.7. The van der Waals surface area contributed by atoms with E-state index in [9.17, 15) is 9.18 Å². The largest absolute Gasteiger partial charge is 0.396 e. The standard InChI is InChI=1S/C13H17FN2O2S/c14-9-2-3-12-10(8-9)11(4-7-19-12)16-13(18)15-5-1-6-17/h2-3,8,11,17H,1,4-7H2,(H2,15,16,18)/t11-/m1/s1. The zero-order valence-electron chi connectivity index (χ0n) is 10.5. The zero-order valence-corrected chi connectivity index (χ0v) is 11.3. The van der Waals surface area contributed by atoms with Crippen LogP contribution in [0.2, 0.25) is 0 Å². The number of benzene rings is 1. The number of nitrogens with one attached hydrogen (secondary N) is 2. The molecule has 0 saturated carbocycles. The average Bonchev–Trinajstić information content (AvgIpc) is 2.40. The van der Waals surface area contributed by atoms with Gasteiger partial charge in [0.05, 0.1) is 6.04 Å². The van der Waals surface area contributed by atoms with E-state index in [1.165, 1.54) is 12.1 Å². The van der Waals surface area contributed by atoms with E-state index in [0.717, 1.165) is 22.6 Å². The Hall–Kier alpha value is -1.27. The summed E-state index contributed by atoms with van der Waals surface area (Å²) in [6, 6.07) is 4.25. The lowest BCUT2D eigenvalue weighted by Crippen LogP contribution is -2.39. The molecule has 1 aliphatic heterocycles. The van der Waals surface area contributed by atoms with Crippen LogP contribution in [0.3, 0.4) is 0 Å². The minimum Gasteiger partial charge on any atom is -0.396 e. The summed E-state index contributed by atoms with van der Waals surface area (Å²) in [5.74, 6) is 0.619. The number of carbonyl (C=O) groups is 1. The molecule has 2 amide bonds. The van der Waals surface area contributed by atoms with Crippen LogP contribution in [0.5, 0.6) is 0 Å².